The third-order valence-electron chi connectivity index (χ3n) is 3.43. The maximum atomic E-state index is 9.49. The largest absolute Gasteiger partial charge is 0.392 e. The van der Waals surface area contributed by atoms with Gasteiger partial charge in [-0.15, -0.1) is 0 Å². The SMILES string of the molecule is CCC1CCCCC1SC(C)C(C)O. The van der Waals surface area contributed by atoms with Gasteiger partial charge >= 0.3 is 0 Å². The van der Waals surface area contributed by atoms with Crippen LogP contribution in [-0.4, -0.2) is 21.7 Å². The number of aliphatic hydroxyl groups is 1. The van der Waals surface area contributed by atoms with Crippen molar-refractivity contribution in [2.75, 3.05) is 0 Å². The maximum absolute atomic E-state index is 9.49. The van der Waals surface area contributed by atoms with Crippen molar-refractivity contribution >= 4 is 11.8 Å². The van der Waals surface area contributed by atoms with Crippen molar-refractivity contribution in [3.8, 4) is 0 Å². The Kier molecular flexibility index (Phi) is 5.32. The topological polar surface area (TPSA) is 20.2 Å². The molecule has 0 radical (unpaired) electrons. The van der Waals surface area contributed by atoms with Gasteiger partial charge in [0.2, 0.25) is 0 Å². The molecule has 84 valence electrons. The highest BCUT2D eigenvalue weighted by molar-refractivity contribution is 8.00. The Labute approximate surface area is 92.7 Å². The quantitative estimate of drug-likeness (QED) is 0.776. The number of rotatable bonds is 4. The second kappa shape index (κ2) is 6.02. The van der Waals surface area contributed by atoms with Gasteiger partial charge in [0.05, 0.1) is 6.10 Å². The normalized spacial score (nSPS) is 32.6. The van der Waals surface area contributed by atoms with E-state index in [4.69, 9.17) is 0 Å². The molecule has 0 bridgehead atoms. The van der Waals surface area contributed by atoms with E-state index in [1.165, 1.54) is 32.1 Å². The zero-order valence-electron chi connectivity index (χ0n) is 9.70. The Morgan fingerprint density at radius 2 is 1.93 bits per heavy atom. The van der Waals surface area contributed by atoms with Crippen LogP contribution in [0.5, 0.6) is 0 Å². The molecule has 2 heteroatoms. The van der Waals surface area contributed by atoms with Gasteiger partial charge in [-0.3, -0.25) is 0 Å². The van der Waals surface area contributed by atoms with Gasteiger partial charge in [-0.05, 0) is 25.7 Å². The molecule has 0 aromatic heterocycles. The smallest absolute Gasteiger partial charge is 0.0628 e. The van der Waals surface area contributed by atoms with Crippen LogP contribution in [0.3, 0.4) is 0 Å². The van der Waals surface area contributed by atoms with E-state index in [-0.39, 0.29) is 6.10 Å². The number of hydrogen-bond acceptors (Lipinski definition) is 2. The van der Waals surface area contributed by atoms with Crippen molar-refractivity contribution in [2.45, 2.75) is 69.5 Å². The van der Waals surface area contributed by atoms with E-state index in [0.29, 0.717) is 5.25 Å². The molecule has 0 aromatic carbocycles. The summed E-state index contributed by atoms with van der Waals surface area (Å²) in [6.45, 7) is 6.36. The van der Waals surface area contributed by atoms with Crippen molar-refractivity contribution in [1.82, 2.24) is 0 Å². The molecular formula is C12H24OS. The molecule has 4 atom stereocenters. The molecule has 1 rings (SSSR count). The first-order valence-corrected chi connectivity index (χ1v) is 6.93. The minimum Gasteiger partial charge on any atom is -0.392 e. The van der Waals surface area contributed by atoms with Gasteiger partial charge in [-0.1, -0.05) is 33.1 Å². The number of hydrogen-bond donors (Lipinski definition) is 1. The van der Waals surface area contributed by atoms with Crippen LogP contribution in [0.2, 0.25) is 0 Å². The first-order chi connectivity index (χ1) is 6.65. The van der Waals surface area contributed by atoms with Gasteiger partial charge in [-0.25, -0.2) is 0 Å². The lowest BCUT2D eigenvalue weighted by Gasteiger charge is -2.32. The van der Waals surface area contributed by atoms with Crippen molar-refractivity contribution in [3.63, 3.8) is 0 Å². The molecule has 1 fully saturated rings. The Morgan fingerprint density at radius 1 is 1.29 bits per heavy atom. The highest BCUT2D eigenvalue weighted by atomic mass is 32.2. The molecular weight excluding hydrogens is 192 g/mol. The Balaban J connectivity index is 2.40. The van der Waals surface area contributed by atoms with Crippen molar-refractivity contribution in [2.24, 2.45) is 5.92 Å². The third kappa shape index (κ3) is 3.47. The lowest BCUT2D eigenvalue weighted by atomic mass is 9.87. The molecule has 0 saturated heterocycles. The molecule has 4 unspecified atom stereocenters. The molecule has 0 aromatic rings. The molecule has 1 saturated carbocycles. The lowest BCUT2D eigenvalue weighted by Crippen LogP contribution is -2.26. The van der Waals surface area contributed by atoms with Gasteiger partial charge in [0.15, 0.2) is 0 Å². The minimum absolute atomic E-state index is 0.167. The Hall–Kier alpha value is 0.310. The summed E-state index contributed by atoms with van der Waals surface area (Å²) in [6, 6.07) is 0. The fourth-order valence-corrected chi connectivity index (χ4v) is 3.84. The summed E-state index contributed by atoms with van der Waals surface area (Å²) in [5.41, 5.74) is 0. The number of aliphatic hydroxyl groups excluding tert-OH is 1. The average molecular weight is 216 g/mol. The summed E-state index contributed by atoms with van der Waals surface area (Å²) in [7, 11) is 0. The molecule has 1 nitrogen and oxygen atoms in total. The molecule has 1 aliphatic carbocycles. The molecule has 0 amide bonds. The average Bonchev–Trinajstić information content (AvgIpc) is 2.18. The highest BCUT2D eigenvalue weighted by Crippen LogP contribution is 2.37. The Morgan fingerprint density at radius 3 is 2.50 bits per heavy atom. The fraction of sp³-hybridized carbons (Fsp3) is 1.00. The lowest BCUT2D eigenvalue weighted by molar-refractivity contribution is 0.195. The van der Waals surface area contributed by atoms with E-state index in [9.17, 15) is 5.11 Å². The Bertz CT molecular complexity index is 158. The standard InChI is InChI=1S/C12H24OS/c1-4-11-7-5-6-8-12(11)14-10(3)9(2)13/h9-13H,4-8H2,1-3H3. The summed E-state index contributed by atoms with van der Waals surface area (Å²) in [6.07, 6.45) is 6.71. The van der Waals surface area contributed by atoms with Gasteiger partial charge in [0, 0.05) is 10.5 Å². The summed E-state index contributed by atoms with van der Waals surface area (Å²) >= 11 is 2.01. The molecule has 0 aliphatic heterocycles. The predicted octanol–water partition coefficient (Wildman–Crippen LogP) is 3.46. The van der Waals surface area contributed by atoms with E-state index in [1.54, 1.807) is 0 Å². The van der Waals surface area contributed by atoms with E-state index < -0.39 is 0 Å². The third-order valence-corrected chi connectivity index (χ3v) is 5.23. The molecule has 1 aliphatic rings. The van der Waals surface area contributed by atoms with Crippen LogP contribution in [-0.2, 0) is 0 Å². The number of thioether (sulfide) groups is 1. The van der Waals surface area contributed by atoms with Gasteiger partial charge in [-0.2, -0.15) is 11.8 Å². The zero-order chi connectivity index (χ0) is 10.6. The second-order valence-corrected chi connectivity index (χ2v) is 6.19. The first-order valence-electron chi connectivity index (χ1n) is 5.98. The molecule has 1 N–H and O–H groups in total. The van der Waals surface area contributed by atoms with Gasteiger partial charge in [0.25, 0.3) is 0 Å². The van der Waals surface area contributed by atoms with Crippen LogP contribution >= 0.6 is 11.8 Å². The summed E-state index contributed by atoms with van der Waals surface area (Å²) in [5, 5.41) is 10.7. The van der Waals surface area contributed by atoms with Crippen LogP contribution in [0.4, 0.5) is 0 Å². The van der Waals surface area contributed by atoms with E-state index in [2.05, 4.69) is 13.8 Å². The summed E-state index contributed by atoms with van der Waals surface area (Å²) in [5.74, 6) is 0.898. The van der Waals surface area contributed by atoms with Crippen LogP contribution < -0.4 is 0 Å². The van der Waals surface area contributed by atoms with E-state index in [0.717, 1.165) is 11.2 Å². The maximum Gasteiger partial charge on any atom is 0.0628 e. The first kappa shape index (κ1) is 12.4. The molecule has 0 spiro atoms. The minimum atomic E-state index is -0.167. The predicted molar refractivity (Wildman–Crippen MR) is 64.8 cm³/mol. The van der Waals surface area contributed by atoms with Crippen molar-refractivity contribution in [1.29, 1.82) is 0 Å². The van der Waals surface area contributed by atoms with Crippen molar-refractivity contribution < 1.29 is 5.11 Å². The van der Waals surface area contributed by atoms with Crippen LogP contribution in [0.1, 0.15) is 52.9 Å². The van der Waals surface area contributed by atoms with E-state index in [1.807, 2.05) is 18.7 Å². The van der Waals surface area contributed by atoms with Crippen LogP contribution in [0, 0.1) is 5.92 Å². The fourth-order valence-electron chi connectivity index (χ4n) is 2.21. The second-order valence-electron chi connectivity index (χ2n) is 4.57. The summed E-state index contributed by atoms with van der Waals surface area (Å²) < 4.78 is 0. The summed E-state index contributed by atoms with van der Waals surface area (Å²) in [4.78, 5) is 0. The van der Waals surface area contributed by atoms with Crippen LogP contribution in [0.25, 0.3) is 0 Å². The van der Waals surface area contributed by atoms with Crippen LogP contribution in [0.15, 0.2) is 0 Å². The molecule has 14 heavy (non-hydrogen) atoms. The van der Waals surface area contributed by atoms with Gasteiger partial charge in [0.1, 0.15) is 0 Å². The van der Waals surface area contributed by atoms with Gasteiger partial charge < -0.3 is 5.11 Å². The highest BCUT2D eigenvalue weighted by Gasteiger charge is 2.26. The zero-order valence-corrected chi connectivity index (χ0v) is 10.5. The van der Waals surface area contributed by atoms with E-state index >= 15 is 0 Å². The monoisotopic (exact) mass is 216 g/mol. The molecule has 0 heterocycles. The van der Waals surface area contributed by atoms with Crippen molar-refractivity contribution in [3.05, 3.63) is 0 Å².